The van der Waals surface area contributed by atoms with Crippen LogP contribution in [0.4, 0.5) is 0 Å². The zero-order valence-corrected chi connectivity index (χ0v) is 16.8. The van der Waals surface area contributed by atoms with E-state index in [-0.39, 0.29) is 10.3 Å². The molecule has 1 aliphatic carbocycles. The molecule has 2 N–H and O–H groups in total. The van der Waals surface area contributed by atoms with Gasteiger partial charge in [-0.15, -0.1) is 16.2 Å². The van der Waals surface area contributed by atoms with Crippen LogP contribution >= 0.6 is 11.3 Å². The Labute approximate surface area is 158 Å². The Balaban J connectivity index is 1.68. The molecule has 140 valence electrons. The highest BCUT2D eigenvalue weighted by Gasteiger charge is 2.30. The summed E-state index contributed by atoms with van der Waals surface area (Å²) in [5, 5.41) is 0. The van der Waals surface area contributed by atoms with Crippen LogP contribution in [0, 0.1) is 11.3 Å². The maximum absolute atomic E-state index is 12.4. The molecule has 5 nitrogen and oxygen atoms in total. The molecule has 26 heavy (non-hydrogen) atoms. The van der Waals surface area contributed by atoms with Crippen LogP contribution < -0.4 is 10.3 Å². The molecule has 0 bridgehead atoms. The van der Waals surface area contributed by atoms with Gasteiger partial charge >= 0.3 is 0 Å². The van der Waals surface area contributed by atoms with Crippen molar-refractivity contribution in [3.63, 3.8) is 0 Å². The Kier molecular flexibility index (Phi) is 5.23. The molecule has 1 aliphatic rings. The fraction of sp³-hybridized carbons (Fsp3) is 0.421. The van der Waals surface area contributed by atoms with E-state index in [1.165, 1.54) is 33.9 Å². The van der Waals surface area contributed by atoms with Crippen LogP contribution in [-0.4, -0.2) is 14.3 Å². The van der Waals surface area contributed by atoms with Crippen LogP contribution in [0.2, 0.25) is 0 Å². The van der Waals surface area contributed by atoms with Gasteiger partial charge in [0.25, 0.3) is 15.9 Å². The van der Waals surface area contributed by atoms with Crippen molar-refractivity contribution in [2.24, 2.45) is 11.3 Å². The van der Waals surface area contributed by atoms with Crippen LogP contribution in [0.25, 0.3) is 0 Å². The highest BCUT2D eigenvalue weighted by molar-refractivity contribution is 7.89. The number of nitrogens with one attached hydrogen (secondary N) is 2. The summed E-state index contributed by atoms with van der Waals surface area (Å²) in [6.45, 7) is 6.75. The van der Waals surface area contributed by atoms with Gasteiger partial charge in [0.05, 0.1) is 9.77 Å². The second-order valence-electron chi connectivity index (χ2n) is 7.74. The zero-order valence-electron chi connectivity index (χ0n) is 15.2. The van der Waals surface area contributed by atoms with Gasteiger partial charge in [0.15, 0.2) is 0 Å². The van der Waals surface area contributed by atoms with E-state index in [9.17, 15) is 13.2 Å². The summed E-state index contributed by atoms with van der Waals surface area (Å²) >= 11 is 1.46. The van der Waals surface area contributed by atoms with Gasteiger partial charge in [0, 0.05) is 4.88 Å². The zero-order chi connectivity index (χ0) is 18.9. The summed E-state index contributed by atoms with van der Waals surface area (Å²) in [7, 11) is -3.77. The summed E-state index contributed by atoms with van der Waals surface area (Å²) in [6.07, 6.45) is 3.07. The first kappa shape index (κ1) is 19.1. The lowest BCUT2D eigenvalue weighted by molar-refractivity contribution is 0.0949. The number of aryl methyl sites for hydroxylation is 1. The summed E-state index contributed by atoms with van der Waals surface area (Å²) < 4.78 is 24.4. The van der Waals surface area contributed by atoms with Crippen molar-refractivity contribution >= 4 is 27.3 Å². The number of amides is 1. The average molecular weight is 393 g/mol. The molecule has 2 aromatic rings. The van der Waals surface area contributed by atoms with E-state index in [1.54, 1.807) is 18.2 Å². The second kappa shape index (κ2) is 7.13. The van der Waals surface area contributed by atoms with Gasteiger partial charge in [0.2, 0.25) is 0 Å². The third-order valence-corrected chi connectivity index (χ3v) is 7.38. The van der Waals surface area contributed by atoms with Crippen molar-refractivity contribution in [3.05, 3.63) is 51.7 Å². The number of carbonyl (C=O) groups is 1. The smallest absolute Gasteiger partial charge is 0.273 e. The largest absolute Gasteiger partial charge is 0.276 e. The Hall–Kier alpha value is -1.70. The van der Waals surface area contributed by atoms with E-state index in [2.05, 4.69) is 31.0 Å². The highest BCUT2D eigenvalue weighted by atomic mass is 32.2. The molecule has 0 radical (unpaired) electrons. The first-order chi connectivity index (χ1) is 12.2. The van der Waals surface area contributed by atoms with Crippen molar-refractivity contribution in [2.75, 3.05) is 0 Å². The van der Waals surface area contributed by atoms with Gasteiger partial charge in [-0.3, -0.25) is 10.2 Å². The summed E-state index contributed by atoms with van der Waals surface area (Å²) in [5.74, 6) is 0.174. The molecule has 1 amide bonds. The SMILES string of the molecule is CC(C)(C)C1CCc2sc(C(=O)NNS(=O)(=O)c3ccccc3)cc2C1. The minimum Gasteiger partial charge on any atom is -0.273 e. The van der Waals surface area contributed by atoms with Gasteiger partial charge in [0.1, 0.15) is 0 Å². The third kappa shape index (κ3) is 4.16. The van der Waals surface area contributed by atoms with Crippen molar-refractivity contribution < 1.29 is 13.2 Å². The van der Waals surface area contributed by atoms with E-state index in [0.29, 0.717) is 10.8 Å². The molecule has 0 aliphatic heterocycles. The lowest BCUT2D eigenvalue weighted by atomic mass is 9.72. The number of thiophene rings is 1. The lowest BCUT2D eigenvalue weighted by Gasteiger charge is -2.33. The van der Waals surface area contributed by atoms with Crippen LogP contribution in [-0.2, 0) is 22.9 Å². The third-order valence-electron chi connectivity index (χ3n) is 4.88. The molecule has 0 saturated carbocycles. The highest BCUT2D eigenvalue weighted by Crippen LogP contribution is 2.40. The standard InChI is InChI=1S/C19H24N2O3S2/c1-19(2,3)14-9-10-16-13(11-14)12-17(25-16)18(22)20-21-26(23,24)15-7-5-4-6-8-15/h4-8,12,14,21H,9-11H2,1-3H3,(H,20,22). The quantitative estimate of drug-likeness (QED) is 0.782. The molecule has 1 atom stereocenters. The first-order valence-electron chi connectivity index (χ1n) is 8.65. The number of rotatable bonds is 4. The Morgan fingerprint density at radius 2 is 1.88 bits per heavy atom. The Morgan fingerprint density at radius 1 is 1.19 bits per heavy atom. The normalized spacial score (nSPS) is 17.6. The molecule has 0 spiro atoms. The minimum absolute atomic E-state index is 0.110. The van der Waals surface area contributed by atoms with E-state index in [0.717, 1.165) is 19.3 Å². The molecule has 3 rings (SSSR count). The van der Waals surface area contributed by atoms with Gasteiger partial charge < -0.3 is 0 Å². The minimum atomic E-state index is -3.77. The molecule has 0 fully saturated rings. The predicted octanol–water partition coefficient (Wildman–Crippen LogP) is 3.52. The number of hydrogen-bond acceptors (Lipinski definition) is 4. The molecular weight excluding hydrogens is 368 g/mol. The van der Waals surface area contributed by atoms with Crippen molar-refractivity contribution in [1.29, 1.82) is 0 Å². The predicted molar refractivity (Wildman–Crippen MR) is 104 cm³/mol. The fourth-order valence-electron chi connectivity index (χ4n) is 3.21. The van der Waals surface area contributed by atoms with E-state index >= 15 is 0 Å². The van der Waals surface area contributed by atoms with Crippen LogP contribution in [0.1, 0.15) is 47.3 Å². The molecule has 1 aromatic heterocycles. The van der Waals surface area contributed by atoms with Gasteiger partial charge in [-0.2, -0.15) is 0 Å². The van der Waals surface area contributed by atoms with E-state index in [4.69, 9.17) is 0 Å². The molecule has 1 unspecified atom stereocenters. The Morgan fingerprint density at radius 3 is 2.54 bits per heavy atom. The molecule has 1 aromatic carbocycles. The number of fused-ring (bicyclic) bond motifs is 1. The first-order valence-corrected chi connectivity index (χ1v) is 11.0. The molecular formula is C19H24N2O3S2. The molecule has 1 heterocycles. The molecule has 7 heteroatoms. The number of hydrazine groups is 1. The number of hydrogen-bond donors (Lipinski definition) is 2. The summed E-state index contributed by atoms with van der Waals surface area (Å²) in [5.41, 5.74) is 3.78. The lowest BCUT2D eigenvalue weighted by Crippen LogP contribution is -2.41. The monoisotopic (exact) mass is 392 g/mol. The summed E-state index contributed by atoms with van der Waals surface area (Å²) in [4.78, 5) is 16.4. The van der Waals surface area contributed by atoms with Crippen molar-refractivity contribution in [2.45, 2.75) is 44.9 Å². The van der Waals surface area contributed by atoms with Gasteiger partial charge in [-0.05, 0) is 54.4 Å². The fourth-order valence-corrected chi connectivity index (χ4v) is 5.17. The van der Waals surface area contributed by atoms with Crippen LogP contribution in [0.3, 0.4) is 0 Å². The van der Waals surface area contributed by atoms with Gasteiger partial charge in [-0.1, -0.05) is 39.0 Å². The topological polar surface area (TPSA) is 75.3 Å². The van der Waals surface area contributed by atoms with Crippen molar-refractivity contribution in [1.82, 2.24) is 10.3 Å². The van der Waals surface area contributed by atoms with E-state index < -0.39 is 15.9 Å². The maximum atomic E-state index is 12.4. The average Bonchev–Trinajstić information content (AvgIpc) is 3.03. The van der Waals surface area contributed by atoms with Crippen LogP contribution in [0.15, 0.2) is 41.3 Å². The number of sulfonamides is 1. The van der Waals surface area contributed by atoms with Crippen molar-refractivity contribution in [3.8, 4) is 0 Å². The second-order valence-corrected chi connectivity index (χ2v) is 10.6. The van der Waals surface area contributed by atoms with E-state index in [1.807, 2.05) is 6.07 Å². The van der Waals surface area contributed by atoms with Crippen LogP contribution in [0.5, 0.6) is 0 Å². The number of benzene rings is 1. The number of carbonyl (C=O) groups excluding carboxylic acids is 1. The van der Waals surface area contributed by atoms with Gasteiger partial charge in [-0.25, -0.2) is 8.42 Å². The summed E-state index contributed by atoms with van der Waals surface area (Å²) in [6, 6.07) is 9.86. The maximum Gasteiger partial charge on any atom is 0.276 e. The Bertz CT molecular complexity index is 897. The molecule has 0 saturated heterocycles.